The second kappa shape index (κ2) is 6.84. The molecule has 0 saturated heterocycles. The molecule has 2 amide bonds. The minimum atomic E-state index is -3.03. The molecule has 8 rings (SSSR count). The van der Waals surface area contributed by atoms with E-state index in [2.05, 4.69) is 26.0 Å². The second-order valence-corrected chi connectivity index (χ2v) is 10.3. The van der Waals surface area contributed by atoms with Gasteiger partial charge in [-0.05, 0) is 36.5 Å². The lowest BCUT2D eigenvalue weighted by molar-refractivity contribution is -0.148. The summed E-state index contributed by atoms with van der Waals surface area (Å²) in [4.78, 5) is 39.8. The first-order valence-electron chi connectivity index (χ1n) is 11.6. The van der Waals surface area contributed by atoms with Crippen LogP contribution in [0.5, 0.6) is 0 Å². The van der Waals surface area contributed by atoms with Crippen LogP contribution < -0.4 is 10.6 Å². The summed E-state index contributed by atoms with van der Waals surface area (Å²) in [5.41, 5.74) is -0.331. The number of rotatable bonds is 6. The smallest absolute Gasteiger partial charge is 0.293 e. The average molecular weight is 514 g/mol. The van der Waals surface area contributed by atoms with E-state index in [1.807, 2.05) is 0 Å². The monoisotopic (exact) mass is 514 g/mol. The first-order chi connectivity index (χ1) is 17.5. The summed E-state index contributed by atoms with van der Waals surface area (Å²) in [6.07, 6.45) is -0.232. The summed E-state index contributed by atoms with van der Waals surface area (Å²) in [7, 11) is 0. The van der Waals surface area contributed by atoms with E-state index in [4.69, 9.17) is 0 Å². The van der Waals surface area contributed by atoms with Crippen LogP contribution in [0.3, 0.4) is 0 Å². The summed E-state index contributed by atoms with van der Waals surface area (Å²) < 4.78 is 56.4. The normalized spacial score (nSPS) is 26.5. The molecule has 4 heterocycles. The fraction of sp³-hybridized carbons (Fsp3) is 0.375. The van der Waals surface area contributed by atoms with E-state index < -0.39 is 53.5 Å². The Morgan fingerprint density at radius 1 is 1.14 bits per heavy atom. The minimum Gasteiger partial charge on any atom is -0.337 e. The number of nitrogens with zero attached hydrogens (tertiary/aromatic N) is 3. The Hall–Kier alpha value is -4.03. The first-order valence-corrected chi connectivity index (χ1v) is 11.6. The maximum absolute atomic E-state index is 13.8. The molecule has 0 spiro atoms. The molecule has 3 aliphatic carbocycles. The molecule has 3 aromatic rings. The molecule has 3 unspecified atom stereocenters. The highest BCUT2D eigenvalue weighted by Crippen LogP contribution is 2.86. The van der Waals surface area contributed by atoms with Crippen molar-refractivity contribution < 1.29 is 31.9 Å². The molecule has 4 atom stereocenters. The van der Waals surface area contributed by atoms with E-state index in [0.29, 0.717) is 17.5 Å². The molecule has 2 bridgehead atoms. The largest absolute Gasteiger partial charge is 0.337 e. The molecular formula is C24H18F4N6O3. The van der Waals surface area contributed by atoms with Gasteiger partial charge in [0.05, 0.1) is 17.3 Å². The Morgan fingerprint density at radius 2 is 1.86 bits per heavy atom. The number of aromatic amines is 1. The Morgan fingerprint density at radius 3 is 2.49 bits per heavy atom. The molecular weight excluding hydrogens is 496 g/mol. The zero-order valence-electron chi connectivity index (χ0n) is 19.1. The van der Waals surface area contributed by atoms with Crippen molar-refractivity contribution in [1.29, 1.82) is 0 Å². The molecule has 2 aliphatic heterocycles. The van der Waals surface area contributed by atoms with Crippen molar-refractivity contribution in [1.82, 2.24) is 25.3 Å². The highest BCUT2D eigenvalue weighted by Gasteiger charge is 2.81. The average Bonchev–Trinajstić information content (AvgIpc) is 3.39. The van der Waals surface area contributed by atoms with Gasteiger partial charge in [0.15, 0.2) is 11.6 Å². The van der Waals surface area contributed by atoms with Crippen molar-refractivity contribution >= 4 is 23.3 Å². The van der Waals surface area contributed by atoms with Crippen LogP contribution in [0, 0.1) is 30.4 Å². The molecule has 1 aromatic carbocycles. The summed E-state index contributed by atoms with van der Waals surface area (Å²) in [5.74, 6) is -7.21. The standard InChI is InChI=1S/C24H18F4N6O3/c1-8-13(20(35)22(37)31-23(6-24(27,28)7-23)12-5-29-33-32-12)18-14-15-16(14)19(15)34(18)17(8)21(36)30-9-2-3-10(25)11(26)4-9/h2-5,14-16,19H,6-7H2,1H3,(H,30,36)(H,31,37)(H,29,32,33)/t14?,15-,16?,19?/m0/s1. The van der Waals surface area contributed by atoms with Crippen LogP contribution in [0.15, 0.2) is 24.4 Å². The summed E-state index contributed by atoms with van der Waals surface area (Å²) in [6, 6.07) is 2.98. The lowest BCUT2D eigenvalue weighted by Crippen LogP contribution is -2.61. The Bertz CT molecular complexity index is 1530. The number of Topliss-reactive ketones (excluding diaryl/α,β-unsaturated/α-hetero) is 1. The Kier molecular flexibility index (Phi) is 4.10. The molecule has 37 heavy (non-hydrogen) atoms. The van der Waals surface area contributed by atoms with Gasteiger partial charge in [-0.1, -0.05) is 0 Å². The molecule has 5 aliphatic rings. The number of benzene rings is 1. The zero-order chi connectivity index (χ0) is 26.0. The molecule has 2 aromatic heterocycles. The molecule has 0 radical (unpaired) electrons. The summed E-state index contributed by atoms with van der Waals surface area (Å²) in [5, 5.41) is 14.8. The van der Waals surface area contributed by atoms with Gasteiger partial charge in [0.1, 0.15) is 11.4 Å². The number of nitrogens with one attached hydrogen (secondary N) is 3. The van der Waals surface area contributed by atoms with Gasteiger partial charge in [-0.15, -0.1) is 0 Å². The number of halogens is 4. The van der Waals surface area contributed by atoms with Crippen LogP contribution in [-0.2, 0) is 10.3 Å². The maximum atomic E-state index is 13.8. The highest BCUT2D eigenvalue weighted by molar-refractivity contribution is 6.44. The molecule has 3 N–H and O–H groups in total. The fourth-order valence-corrected chi connectivity index (χ4v) is 6.37. The van der Waals surface area contributed by atoms with E-state index >= 15 is 0 Å². The minimum absolute atomic E-state index is 0.0302. The van der Waals surface area contributed by atoms with Gasteiger partial charge in [-0.2, -0.15) is 15.4 Å². The third-order valence-electron chi connectivity index (χ3n) is 8.09. The fourth-order valence-electron chi connectivity index (χ4n) is 6.37. The van der Waals surface area contributed by atoms with E-state index in [0.717, 1.165) is 12.1 Å². The summed E-state index contributed by atoms with van der Waals surface area (Å²) >= 11 is 0. The number of hydrogen-bond donors (Lipinski definition) is 3. The quantitative estimate of drug-likeness (QED) is 0.265. The van der Waals surface area contributed by atoms with Crippen molar-refractivity contribution in [2.24, 2.45) is 11.8 Å². The van der Waals surface area contributed by atoms with Gasteiger partial charge in [0.2, 0.25) is 0 Å². The van der Waals surface area contributed by atoms with Crippen LogP contribution in [0.2, 0.25) is 0 Å². The van der Waals surface area contributed by atoms with Crippen LogP contribution in [0.25, 0.3) is 0 Å². The van der Waals surface area contributed by atoms with Gasteiger partial charge in [0.25, 0.3) is 23.5 Å². The number of aromatic nitrogens is 4. The molecule has 13 heteroatoms. The predicted molar refractivity (Wildman–Crippen MR) is 117 cm³/mol. The van der Waals surface area contributed by atoms with Crippen LogP contribution in [0.4, 0.5) is 23.2 Å². The van der Waals surface area contributed by atoms with Crippen molar-refractivity contribution in [2.75, 3.05) is 5.32 Å². The number of hydrogen-bond acceptors (Lipinski definition) is 5. The first kappa shape index (κ1) is 22.2. The van der Waals surface area contributed by atoms with E-state index in [1.165, 1.54) is 19.2 Å². The Balaban J connectivity index is 1.21. The summed E-state index contributed by atoms with van der Waals surface area (Å²) in [6.45, 7) is 1.53. The number of ketones is 1. The van der Waals surface area contributed by atoms with Gasteiger partial charge >= 0.3 is 0 Å². The maximum Gasteiger partial charge on any atom is 0.293 e. The number of alkyl halides is 2. The molecule has 3 fully saturated rings. The van der Waals surface area contributed by atoms with Gasteiger partial charge in [0, 0.05) is 42.2 Å². The number of carbonyl (C=O) groups is 3. The van der Waals surface area contributed by atoms with Crippen molar-refractivity contribution in [3.8, 4) is 0 Å². The van der Waals surface area contributed by atoms with E-state index in [1.54, 1.807) is 4.57 Å². The van der Waals surface area contributed by atoms with Crippen molar-refractivity contribution in [3.05, 3.63) is 64.2 Å². The predicted octanol–water partition coefficient (Wildman–Crippen LogP) is 2.97. The van der Waals surface area contributed by atoms with Gasteiger partial charge in [-0.25, -0.2) is 17.6 Å². The third-order valence-corrected chi connectivity index (χ3v) is 8.09. The number of H-pyrrole nitrogens is 1. The van der Waals surface area contributed by atoms with Gasteiger partial charge in [-0.3, -0.25) is 14.4 Å². The number of amides is 2. The zero-order valence-corrected chi connectivity index (χ0v) is 19.1. The number of carbonyl (C=O) groups excluding carboxylic acids is 3. The van der Waals surface area contributed by atoms with E-state index in [9.17, 15) is 31.9 Å². The lowest BCUT2D eigenvalue weighted by atomic mass is 9.71. The molecule has 9 nitrogen and oxygen atoms in total. The van der Waals surface area contributed by atoms with Crippen LogP contribution in [-0.4, -0.2) is 43.5 Å². The van der Waals surface area contributed by atoms with E-state index in [-0.39, 0.29) is 40.2 Å². The van der Waals surface area contributed by atoms with Gasteiger partial charge < -0.3 is 15.2 Å². The highest BCUT2D eigenvalue weighted by atomic mass is 19.3. The molecule has 3 saturated carbocycles. The SMILES string of the molecule is Cc1c(C(=O)C(=O)NC2(c3cn[nH]n3)CC(F)(F)C2)c2n(c1C(=O)Nc1ccc(F)c(F)c1)C1C3C2[C@@H]31. The number of anilines is 1. The van der Waals surface area contributed by atoms with Crippen LogP contribution >= 0.6 is 0 Å². The lowest BCUT2D eigenvalue weighted by Gasteiger charge is -2.46. The third kappa shape index (κ3) is 2.93. The van der Waals surface area contributed by atoms with Crippen molar-refractivity contribution in [2.45, 2.75) is 43.2 Å². The molecule has 190 valence electrons. The van der Waals surface area contributed by atoms with Crippen LogP contribution in [0.1, 0.15) is 62.6 Å². The van der Waals surface area contributed by atoms with Crippen molar-refractivity contribution in [3.63, 3.8) is 0 Å². The topological polar surface area (TPSA) is 122 Å². The Labute approximate surface area is 205 Å². The second-order valence-electron chi connectivity index (χ2n) is 10.3.